The highest BCUT2D eigenvalue weighted by Crippen LogP contribution is 2.24. The molecule has 1 aliphatic heterocycles. The number of carbonyl (C=O) groups excluding carboxylic acids is 2. The lowest BCUT2D eigenvalue weighted by Gasteiger charge is -2.25. The number of hydrogen-bond acceptors (Lipinski definition) is 3. The molecule has 2 unspecified atom stereocenters. The Morgan fingerprint density at radius 1 is 1.08 bits per heavy atom. The highest BCUT2D eigenvalue weighted by molar-refractivity contribution is 5.92. The zero-order valence-corrected chi connectivity index (χ0v) is 14.9. The van der Waals surface area contributed by atoms with Gasteiger partial charge in [0.25, 0.3) is 0 Å². The van der Waals surface area contributed by atoms with Crippen molar-refractivity contribution < 1.29 is 9.59 Å². The van der Waals surface area contributed by atoms with Crippen LogP contribution in [0.3, 0.4) is 0 Å². The van der Waals surface area contributed by atoms with Crippen molar-refractivity contribution in [1.82, 2.24) is 4.90 Å². The molecule has 0 spiro atoms. The summed E-state index contributed by atoms with van der Waals surface area (Å²) < 4.78 is 0. The van der Waals surface area contributed by atoms with E-state index in [4.69, 9.17) is 5.73 Å². The number of rotatable bonds is 5. The Labute approximate surface area is 150 Å². The van der Waals surface area contributed by atoms with Gasteiger partial charge in [0.05, 0.1) is 0 Å². The van der Waals surface area contributed by atoms with Crippen molar-refractivity contribution in [3.8, 4) is 0 Å². The van der Waals surface area contributed by atoms with Crippen LogP contribution in [0.15, 0.2) is 24.3 Å². The molecular weight excluding hydrogens is 314 g/mol. The highest BCUT2D eigenvalue weighted by Gasteiger charge is 2.25. The molecule has 3 N–H and O–H groups in total. The Balaban J connectivity index is 1.46. The van der Waals surface area contributed by atoms with Crippen LogP contribution in [-0.4, -0.2) is 35.8 Å². The molecule has 1 heterocycles. The molecule has 1 saturated heterocycles. The summed E-state index contributed by atoms with van der Waals surface area (Å²) in [5.74, 6) is 0.358. The van der Waals surface area contributed by atoms with Gasteiger partial charge in [-0.05, 0) is 56.2 Å². The van der Waals surface area contributed by atoms with E-state index in [9.17, 15) is 9.59 Å². The predicted molar refractivity (Wildman–Crippen MR) is 99.1 cm³/mol. The van der Waals surface area contributed by atoms with E-state index in [1.165, 1.54) is 0 Å². The smallest absolute Gasteiger partial charge is 0.227 e. The second-order valence-corrected chi connectivity index (χ2v) is 7.40. The van der Waals surface area contributed by atoms with E-state index in [1.807, 2.05) is 29.2 Å². The van der Waals surface area contributed by atoms with E-state index in [0.717, 1.165) is 69.3 Å². The van der Waals surface area contributed by atoms with Crippen molar-refractivity contribution in [2.45, 2.75) is 57.4 Å². The number of anilines is 1. The van der Waals surface area contributed by atoms with Crippen molar-refractivity contribution in [3.05, 3.63) is 29.8 Å². The largest absolute Gasteiger partial charge is 0.343 e. The minimum Gasteiger partial charge on any atom is -0.343 e. The van der Waals surface area contributed by atoms with Gasteiger partial charge in [-0.2, -0.15) is 0 Å². The van der Waals surface area contributed by atoms with Gasteiger partial charge in [-0.15, -0.1) is 0 Å². The fraction of sp³-hybridized carbons (Fsp3) is 0.600. The summed E-state index contributed by atoms with van der Waals surface area (Å²) in [5, 5.41) is 3.00. The van der Waals surface area contributed by atoms with Gasteiger partial charge in [-0.3, -0.25) is 9.59 Å². The van der Waals surface area contributed by atoms with Gasteiger partial charge >= 0.3 is 0 Å². The third-order valence-corrected chi connectivity index (χ3v) is 5.39. The number of nitrogens with one attached hydrogen (secondary N) is 1. The maximum absolute atomic E-state index is 12.3. The van der Waals surface area contributed by atoms with Crippen molar-refractivity contribution >= 4 is 17.5 Å². The molecule has 2 amide bonds. The van der Waals surface area contributed by atoms with Crippen molar-refractivity contribution in [2.24, 2.45) is 11.7 Å². The maximum atomic E-state index is 12.3. The average molecular weight is 343 g/mol. The van der Waals surface area contributed by atoms with Gasteiger partial charge in [0.15, 0.2) is 0 Å². The molecule has 1 aromatic rings. The molecule has 5 nitrogen and oxygen atoms in total. The quantitative estimate of drug-likeness (QED) is 0.863. The van der Waals surface area contributed by atoms with Gasteiger partial charge in [-0.1, -0.05) is 18.6 Å². The first-order chi connectivity index (χ1) is 12.1. The van der Waals surface area contributed by atoms with Gasteiger partial charge in [0.1, 0.15) is 0 Å². The minimum atomic E-state index is 0.0292. The van der Waals surface area contributed by atoms with Crippen LogP contribution in [0.2, 0.25) is 0 Å². The Hall–Kier alpha value is -1.88. The van der Waals surface area contributed by atoms with Crippen LogP contribution in [0, 0.1) is 5.92 Å². The second kappa shape index (κ2) is 8.48. The Morgan fingerprint density at radius 3 is 2.48 bits per heavy atom. The maximum Gasteiger partial charge on any atom is 0.227 e. The van der Waals surface area contributed by atoms with Crippen LogP contribution in [0.1, 0.15) is 50.5 Å². The van der Waals surface area contributed by atoms with E-state index in [-0.39, 0.29) is 23.8 Å². The van der Waals surface area contributed by atoms with Crippen LogP contribution < -0.4 is 11.1 Å². The summed E-state index contributed by atoms with van der Waals surface area (Å²) in [6.07, 6.45) is 7.33. The van der Waals surface area contributed by atoms with Crippen LogP contribution >= 0.6 is 0 Å². The van der Waals surface area contributed by atoms with Crippen molar-refractivity contribution in [3.63, 3.8) is 0 Å². The van der Waals surface area contributed by atoms with E-state index < -0.39 is 0 Å². The molecule has 2 aliphatic rings. The number of carbonyl (C=O) groups is 2. The fourth-order valence-electron chi connectivity index (χ4n) is 3.84. The zero-order chi connectivity index (χ0) is 17.6. The Kier molecular flexibility index (Phi) is 6.08. The summed E-state index contributed by atoms with van der Waals surface area (Å²) in [5.41, 5.74) is 7.92. The number of benzene rings is 1. The van der Waals surface area contributed by atoms with Gasteiger partial charge in [0, 0.05) is 37.2 Å². The standard InChI is InChI=1S/C20H29N3O2/c21-17-5-3-4-16(14-17)20(25)22-18-9-6-15(7-10-18)8-11-19(24)23-12-1-2-13-23/h6-7,9-10,16-17H,1-5,8,11-14,21H2,(H,22,25). The van der Waals surface area contributed by atoms with E-state index in [2.05, 4.69) is 5.32 Å². The van der Waals surface area contributed by atoms with E-state index >= 15 is 0 Å². The molecule has 1 saturated carbocycles. The number of hydrogen-bond donors (Lipinski definition) is 2. The molecule has 136 valence electrons. The average Bonchev–Trinajstić information content (AvgIpc) is 3.15. The van der Waals surface area contributed by atoms with E-state index in [0.29, 0.717) is 6.42 Å². The van der Waals surface area contributed by atoms with Crippen molar-refractivity contribution in [2.75, 3.05) is 18.4 Å². The molecule has 25 heavy (non-hydrogen) atoms. The van der Waals surface area contributed by atoms with Gasteiger partial charge in [0.2, 0.25) is 11.8 Å². The Bertz CT molecular complexity index is 593. The van der Waals surface area contributed by atoms with Crippen LogP contribution in [0.25, 0.3) is 0 Å². The molecule has 0 radical (unpaired) electrons. The summed E-state index contributed by atoms with van der Waals surface area (Å²) in [4.78, 5) is 26.4. The first kappa shape index (κ1) is 17.9. The Morgan fingerprint density at radius 2 is 1.80 bits per heavy atom. The molecule has 5 heteroatoms. The number of amides is 2. The van der Waals surface area contributed by atoms with Crippen LogP contribution in [0.5, 0.6) is 0 Å². The molecule has 3 rings (SSSR count). The van der Waals surface area contributed by atoms with Crippen molar-refractivity contribution in [1.29, 1.82) is 0 Å². The first-order valence-corrected chi connectivity index (χ1v) is 9.55. The molecule has 1 aromatic carbocycles. The van der Waals surface area contributed by atoms with Gasteiger partial charge < -0.3 is 16.0 Å². The highest BCUT2D eigenvalue weighted by atomic mass is 16.2. The molecule has 2 atom stereocenters. The lowest BCUT2D eigenvalue weighted by atomic mass is 9.85. The lowest BCUT2D eigenvalue weighted by molar-refractivity contribution is -0.130. The zero-order valence-electron chi connectivity index (χ0n) is 14.9. The van der Waals surface area contributed by atoms with Gasteiger partial charge in [-0.25, -0.2) is 0 Å². The van der Waals surface area contributed by atoms with Crippen LogP contribution in [-0.2, 0) is 16.0 Å². The number of nitrogens with two attached hydrogens (primary N) is 1. The first-order valence-electron chi connectivity index (χ1n) is 9.55. The monoisotopic (exact) mass is 343 g/mol. The number of aryl methyl sites for hydroxylation is 1. The summed E-state index contributed by atoms with van der Waals surface area (Å²) >= 11 is 0. The molecule has 1 aliphatic carbocycles. The third-order valence-electron chi connectivity index (χ3n) is 5.39. The third kappa shape index (κ3) is 5.05. The molecular formula is C20H29N3O2. The van der Waals surface area contributed by atoms with E-state index in [1.54, 1.807) is 0 Å². The minimum absolute atomic E-state index is 0.0292. The fourth-order valence-corrected chi connectivity index (χ4v) is 3.84. The number of nitrogens with zero attached hydrogens (tertiary/aromatic N) is 1. The molecule has 0 bridgehead atoms. The lowest BCUT2D eigenvalue weighted by Crippen LogP contribution is -2.34. The SMILES string of the molecule is NC1CCCC(C(=O)Nc2ccc(CCC(=O)N3CCCC3)cc2)C1. The van der Waals surface area contributed by atoms with Crippen LogP contribution in [0.4, 0.5) is 5.69 Å². The number of likely N-dealkylation sites (tertiary alicyclic amines) is 1. The molecule has 2 fully saturated rings. The predicted octanol–water partition coefficient (Wildman–Crippen LogP) is 2.70. The second-order valence-electron chi connectivity index (χ2n) is 7.40. The normalized spacial score (nSPS) is 23.5. The molecule has 0 aromatic heterocycles. The summed E-state index contributed by atoms with van der Waals surface area (Å²) in [6, 6.07) is 8.01. The summed E-state index contributed by atoms with van der Waals surface area (Å²) in [6.45, 7) is 1.82. The summed E-state index contributed by atoms with van der Waals surface area (Å²) in [7, 11) is 0. The topological polar surface area (TPSA) is 75.4 Å².